The average Bonchev–Trinajstić information content (AvgIpc) is 3.22. The van der Waals surface area contributed by atoms with Crippen LogP contribution in [0.5, 0.6) is 0 Å². The summed E-state index contributed by atoms with van der Waals surface area (Å²) < 4.78 is 20.4. The molecule has 8 nitrogen and oxygen atoms in total. The minimum Gasteiger partial charge on any atom is -0.439 e. The van der Waals surface area contributed by atoms with E-state index in [9.17, 15) is 9.59 Å². The monoisotopic (exact) mass is 485 g/mol. The Morgan fingerprint density at radius 2 is 1.62 bits per heavy atom. The number of benzene rings is 1. The summed E-state index contributed by atoms with van der Waals surface area (Å²) in [5, 5.41) is 0.640. The number of anilines is 2. The number of amides is 1. The van der Waals surface area contributed by atoms with Crippen LogP contribution in [-0.2, 0) is 14.1 Å². The standard InChI is InChI=1S/C24H32BN3O5S/c1-23(2)24(3,4)33-25(32-23)17-14-16-19(15-18(17)28(8)34)31-22(20(16)21(30)26(5)6)27(7)12-10-9-11-13-29/h9-15,34H,1-8H3/b11-9-,12-10-. The molecule has 182 valence electrons. The van der Waals surface area contributed by atoms with Crippen LogP contribution >= 0.6 is 12.8 Å². The van der Waals surface area contributed by atoms with Crippen LogP contribution < -0.4 is 14.7 Å². The minimum atomic E-state index is -0.647. The van der Waals surface area contributed by atoms with Crippen molar-refractivity contribution in [1.29, 1.82) is 0 Å². The van der Waals surface area contributed by atoms with Gasteiger partial charge in [-0.25, -0.2) is 0 Å². The smallest absolute Gasteiger partial charge is 0.439 e. The van der Waals surface area contributed by atoms with Crippen molar-refractivity contribution in [1.82, 2.24) is 4.90 Å². The maximum absolute atomic E-state index is 13.2. The molecule has 1 aliphatic rings. The zero-order valence-corrected chi connectivity index (χ0v) is 21.8. The van der Waals surface area contributed by atoms with Crippen LogP contribution in [-0.4, -0.2) is 63.6 Å². The molecule has 0 unspecified atom stereocenters. The minimum absolute atomic E-state index is 0.204. The summed E-state index contributed by atoms with van der Waals surface area (Å²) >= 11 is 4.52. The zero-order chi connectivity index (χ0) is 25.4. The third-order valence-corrected chi connectivity index (χ3v) is 6.44. The van der Waals surface area contributed by atoms with Gasteiger partial charge < -0.3 is 27.8 Å². The van der Waals surface area contributed by atoms with Crippen molar-refractivity contribution < 1.29 is 23.3 Å². The van der Waals surface area contributed by atoms with Gasteiger partial charge in [-0.1, -0.05) is 18.9 Å². The third-order valence-electron chi connectivity index (χ3n) is 6.23. The Morgan fingerprint density at radius 3 is 2.15 bits per heavy atom. The Hall–Kier alpha value is -2.69. The van der Waals surface area contributed by atoms with Gasteiger partial charge in [-0.2, -0.15) is 0 Å². The Kier molecular flexibility index (Phi) is 7.26. The largest absolute Gasteiger partial charge is 0.497 e. The third kappa shape index (κ3) is 4.75. The molecule has 3 rings (SSSR count). The number of furan rings is 1. The summed E-state index contributed by atoms with van der Waals surface area (Å²) in [7, 11) is 6.32. The topological polar surface area (TPSA) is 75.5 Å². The molecule has 1 fully saturated rings. The van der Waals surface area contributed by atoms with E-state index in [4.69, 9.17) is 13.7 Å². The Labute approximate surface area is 206 Å². The van der Waals surface area contributed by atoms with Gasteiger partial charge >= 0.3 is 7.12 Å². The lowest BCUT2D eigenvalue weighted by Gasteiger charge is -2.32. The van der Waals surface area contributed by atoms with Crippen molar-refractivity contribution in [3.8, 4) is 0 Å². The first-order valence-electron chi connectivity index (χ1n) is 10.9. The van der Waals surface area contributed by atoms with Crippen molar-refractivity contribution in [2.45, 2.75) is 38.9 Å². The molecule has 1 aromatic carbocycles. The van der Waals surface area contributed by atoms with Gasteiger partial charge in [-0.05, 0) is 45.9 Å². The highest BCUT2D eigenvalue weighted by Crippen LogP contribution is 2.39. The van der Waals surface area contributed by atoms with E-state index in [2.05, 4.69) is 12.8 Å². The maximum Gasteiger partial charge on any atom is 0.497 e. The zero-order valence-electron chi connectivity index (χ0n) is 20.9. The van der Waals surface area contributed by atoms with Crippen LogP contribution in [0.2, 0.25) is 0 Å². The first-order valence-corrected chi connectivity index (χ1v) is 11.3. The van der Waals surface area contributed by atoms with E-state index >= 15 is 0 Å². The molecular weight excluding hydrogens is 453 g/mol. The molecule has 10 heteroatoms. The lowest BCUT2D eigenvalue weighted by atomic mass is 9.77. The van der Waals surface area contributed by atoms with E-state index in [0.29, 0.717) is 28.7 Å². The molecule has 0 atom stereocenters. The van der Waals surface area contributed by atoms with Crippen LogP contribution in [0.15, 0.2) is 41.0 Å². The molecule has 0 aliphatic carbocycles. The number of hydrogen-bond donors (Lipinski definition) is 1. The molecule has 0 N–H and O–H groups in total. The molecule has 2 aromatic rings. The van der Waals surface area contributed by atoms with Crippen LogP contribution in [0.4, 0.5) is 11.6 Å². The van der Waals surface area contributed by atoms with Crippen LogP contribution in [0, 0.1) is 0 Å². The second-order valence-electron chi connectivity index (χ2n) is 9.47. The number of fused-ring (bicyclic) bond motifs is 1. The molecule has 1 saturated heterocycles. The Morgan fingerprint density at radius 1 is 1.00 bits per heavy atom. The van der Waals surface area contributed by atoms with Gasteiger partial charge in [0.2, 0.25) is 5.88 Å². The number of aldehydes is 1. The summed E-state index contributed by atoms with van der Waals surface area (Å²) in [6.45, 7) is 7.97. The normalized spacial score (nSPS) is 17.1. The highest BCUT2D eigenvalue weighted by Gasteiger charge is 2.52. The van der Waals surface area contributed by atoms with Gasteiger partial charge in [0.05, 0.1) is 11.2 Å². The summed E-state index contributed by atoms with van der Waals surface area (Å²) in [6, 6.07) is 3.72. The predicted molar refractivity (Wildman–Crippen MR) is 140 cm³/mol. The molecule has 1 aromatic heterocycles. The number of nitrogens with zero attached hydrogens (tertiary/aromatic N) is 3. The molecule has 0 radical (unpaired) electrons. The SMILES string of the molecule is CN(C)C(=O)c1c(N(C)/C=C\C=C/C=O)oc2cc(N(C)S)c(B3OC(C)(C)C(C)(C)O3)cc12. The van der Waals surface area contributed by atoms with Gasteiger partial charge in [0.1, 0.15) is 17.4 Å². The number of rotatable bonds is 7. The second-order valence-corrected chi connectivity index (χ2v) is 10.1. The number of carbonyl (C=O) groups is 2. The van der Waals surface area contributed by atoms with Gasteiger partial charge in [-0.3, -0.25) is 9.59 Å². The van der Waals surface area contributed by atoms with Gasteiger partial charge in [0.25, 0.3) is 5.91 Å². The highest BCUT2D eigenvalue weighted by atomic mass is 32.1. The average molecular weight is 485 g/mol. The van der Waals surface area contributed by atoms with E-state index in [-0.39, 0.29) is 5.91 Å². The van der Waals surface area contributed by atoms with Crippen molar-refractivity contribution in [3.05, 3.63) is 42.1 Å². The van der Waals surface area contributed by atoms with E-state index in [1.54, 1.807) is 48.7 Å². The quantitative estimate of drug-likeness (QED) is 0.212. The summed E-state index contributed by atoms with van der Waals surface area (Å²) in [6.07, 6.45) is 7.07. The van der Waals surface area contributed by atoms with Crippen LogP contribution in [0.1, 0.15) is 38.1 Å². The van der Waals surface area contributed by atoms with Crippen molar-refractivity contribution in [3.63, 3.8) is 0 Å². The van der Waals surface area contributed by atoms with Crippen LogP contribution in [0.25, 0.3) is 11.0 Å². The Bertz CT molecular complexity index is 1140. The molecule has 1 aliphatic heterocycles. The molecule has 0 saturated carbocycles. The van der Waals surface area contributed by atoms with E-state index in [1.807, 2.05) is 46.9 Å². The van der Waals surface area contributed by atoms with E-state index < -0.39 is 18.3 Å². The van der Waals surface area contributed by atoms with Crippen molar-refractivity contribution in [2.24, 2.45) is 0 Å². The molecule has 2 heterocycles. The summed E-state index contributed by atoms with van der Waals surface area (Å²) in [5.74, 6) is 0.174. The second kappa shape index (κ2) is 9.52. The summed E-state index contributed by atoms with van der Waals surface area (Å²) in [4.78, 5) is 27.0. The van der Waals surface area contributed by atoms with Gasteiger partial charge in [0.15, 0.2) is 0 Å². The fraction of sp³-hybridized carbons (Fsp3) is 0.417. The highest BCUT2D eigenvalue weighted by molar-refractivity contribution is 7.81. The number of hydrogen-bond acceptors (Lipinski definition) is 8. The Balaban J connectivity index is 2.22. The van der Waals surface area contributed by atoms with Gasteiger partial charge in [0, 0.05) is 57.0 Å². The summed E-state index contributed by atoms with van der Waals surface area (Å²) in [5.41, 5.74) is 1.38. The fourth-order valence-corrected chi connectivity index (χ4v) is 3.78. The lowest BCUT2D eigenvalue weighted by molar-refractivity contribution is -0.104. The first kappa shape index (κ1) is 25.9. The molecule has 0 bridgehead atoms. The van der Waals surface area contributed by atoms with Gasteiger partial charge in [-0.15, -0.1) is 0 Å². The number of allylic oxidation sites excluding steroid dienone is 3. The first-order chi connectivity index (χ1) is 15.8. The molecule has 1 amide bonds. The van der Waals surface area contributed by atoms with Crippen molar-refractivity contribution in [2.75, 3.05) is 37.4 Å². The van der Waals surface area contributed by atoms with E-state index in [1.165, 1.54) is 11.0 Å². The lowest BCUT2D eigenvalue weighted by Crippen LogP contribution is -2.41. The van der Waals surface area contributed by atoms with E-state index in [0.717, 1.165) is 11.2 Å². The molecule has 0 spiro atoms. The predicted octanol–water partition coefficient (Wildman–Crippen LogP) is 3.42. The maximum atomic E-state index is 13.2. The number of thiol groups is 1. The molecular formula is C24H32BN3O5S. The molecule has 34 heavy (non-hydrogen) atoms. The van der Waals surface area contributed by atoms with Crippen LogP contribution in [0.3, 0.4) is 0 Å². The fourth-order valence-electron chi connectivity index (χ4n) is 3.61. The number of carbonyl (C=O) groups excluding carboxylic acids is 2. The van der Waals surface area contributed by atoms with Crippen molar-refractivity contribution >= 4 is 60.1 Å².